The minimum absolute atomic E-state index is 0.0152. The van der Waals surface area contributed by atoms with Gasteiger partial charge in [-0.3, -0.25) is 9.36 Å². The van der Waals surface area contributed by atoms with E-state index in [4.69, 9.17) is 9.16 Å². The van der Waals surface area contributed by atoms with Crippen LogP contribution in [0, 0.1) is 16.7 Å². The summed E-state index contributed by atoms with van der Waals surface area (Å²) in [4.78, 5) is 13.3. The highest BCUT2D eigenvalue weighted by Gasteiger charge is 2.34. The maximum absolute atomic E-state index is 13.3. The van der Waals surface area contributed by atoms with Gasteiger partial charge in [-0.05, 0) is 69.1 Å². The molecular formula is C26H33N2O4Si. The van der Waals surface area contributed by atoms with Gasteiger partial charge in [0.25, 0.3) is 5.56 Å². The number of fused-ring (bicyclic) bond motifs is 1. The number of benzene rings is 1. The summed E-state index contributed by atoms with van der Waals surface area (Å²) in [6.07, 6.45) is 4.67. The zero-order valence-corrected chi connectivity index (χ0v) is 21.5. The van der Waals surface area contributed by atoms with Gasteiger partial charge in [-0.15, -0.1) is 0 Å². The molecule has 0 bridgehead atoms. The number of hydrogen-bond donors (Lipinski definition) is 1. The van der Waals surface area contributed by atoms with E-state index in [9.17, 15) is 15.2 Å². The van der Waals surface area contributed by atoms with E-state index in [2.05, 4.69) is 26.8 Å². The first-order valence-electron chi connectivity index (χ1n) is 11.1. The topological polar surface area (TPSA) is 84.5 Å². The number of nitrogens with zero attached hydrogens (tertiary/aromatic N) is 2. The molecule has 1 aliphatic heterocycles. The molecule has 1 aromatic heterocycles. The molecule has 2 heterocycles. The summed E-state index contributed by atoms with van der Waals surface area (Å²) >= 11 is 0. The molecule has 1 atom stereocenters. The van der Waals surface area contributed by atoms with Crippen molar-refractivity contribution in [2.45, 2.75) is 71.9 Å². The molecule has 0 aliphatic carbocycles. The zero-order chi connectivity index (χ0) is 24.6. The fraction of sp³-hybridized carbons (Fsp3) is 0.462. The number of nitriles is 1. The summed E-state index contributed by atoms with van der Waals surface area (Å²) in [5.74, 6) is -0.903. The van der Waals surface area contributed by atoms with Gasteiger partial charge >= 0.3 is 0 Å². The van der Waals surface area contributed by atoms with Gasteiger partial charge in [0.05, 0.1) is 17.3 Å². The lowest BCUT2D eigenvalue weighted by Crippen LogP contribution is -2.37. The molecule has 0 fully saturated rings. The van der Waals surface area contributed by atoms with Crippen LogP contribution in [0.15, 0.2) is 47.4 Å². The van der Waals surface area contributed by atoms with Crippen LogP contribution in [0.2, 0.25) is 13.1 Å². The zero-order valence-electron chi connectivity index (χ0n) is 20.5. The summed E-state index contributed by atoms with van der Waals surface area (Å²) in [5.41, 5.74) is 1.35. The van der Waals surface area contributed by atoms with Crippen molar-refractivity contribution in [3.8, 4) is 11.8 Å². The maximum atomic E-state index is 13.3. The van der Waals surface area contributed by atoms with Crippen molar-refractivity contribution in [1.82, 2.24) is 4.57 Å². The largest absolute Gasteiger partial charge is 0.483 e. The number of pyridine rings is 1. The summed E-state index contributed by atoms with van der Waals surface area (Å²) < 4.78 is 13.6. The van der Waals surface area contributed by atoms with Crippen molar-refractivity contribution in [2.24, 2.45) is 5.41 Å². The Kier molecular flexibility index (Phi) is 6.76. The maximum Gasteiger partial charge on any atom is 0.255 e. The van der Waals surface area contributed by atoms with Crippen LogP contribution in [0.1, 0.15) is 64.2 Å². The standard InChI is InChI=1S/C26H33N2O4Si/c1-24(2,3)11-12-26(30,32-33(6)7)19-10-13-28(23(29)15-19)21-16-25(4,5)31-22-9-8-18(17-27)14-20(21)22/h8-10,13-16,30H,11-12H2,1-7H3. The van der Waals surface area contributed by atoms with Crippen LogP contribution >= 0.6 is 0 Å². The SMILES string of the molecule is C[Si](C)OC(O)(CCC(C)(C)C)c1ccn(C2=CC(C)(C)Oc3ccc(C#N)cc32)c(=O)c1. The van der Waals surface area contributed by atoms with E-state index >= 15 is 0 Å². The van der Waals surface area contributed by atoms with Crippen LogP contribution in [-0.4, -0.2) is 24.3 Å². The monoisotopic (exact) mass is 465 g/mol. The number of ether oxygens (including phenoxy) is 1. The summed E-state index contributed by atoms with van der Waals surface area (Å²) in [6, 6.07) is 10.5. The first kappa shape index (κ1) is 25.0. The lowest BCUT2D eigenvalue weighted by atomic mass is 9.87. The molecule has 1 unspecified atom stereocenters. The van der Waals surface area contributed by atoms with Crippen molar-refractivity contribution >= 4 is 14.7 Å². The Balaban J connectivity index is 2.08. The summed E-state index contributed by atoms with van der Waals surface area (Å²) in [6.45, 7) is 14.1. The van der Waals surface area contributed by atoms with Crippen molar-refractivity contribution in [3.05, 3.63) is 69.6 Å². The third-order valence-corrected chi connectivity index (χ3v) is 6.20. The minimum Gasteiger partial charge on any atom is -0.483 e. The van der Waals surface area contributed by atoms with Gasteiger partial charge in [-0.2, -0.15) is 5.26 Å². The van der Waals surface area contributed by atoms with Crippen LogP contribution < -0.4 is 10.3 Å². The molecule has 0 saturated heterocycles. The molecule has 7 heteroatoms. The number of rotatable bonds is 6. The molecule has 0 spiro atoms. The highest BCUT2D eigenvalue weighted by molar-refractivity contribution is 6.48. The Morgan fingerprint density at radius 1 is 1.18 bits per heavy atom. The van der Waals surface area contributed by atoms with Gasteiger partial charge in [-0.25, -0.2) is 0 Å². The molecule has 6 nitrogen and oxygen atoms in total. The first-order valence-corrected chi connectivity index (χ1v) is 13.6. The van der Waals surface area contributed by atoms with Crippen molar-refractivity contribution in [1.29, 1.82) is 5.26 Å². The quantitative estimate of drug-likeness (QED) is 0.478. The highest BCUT2D eigenvalue weighted by Crippen LogP contribution is 2.38. The van der Waals surface area contributed by atoms with E-state index in [0.29, 0.717) is 34.6 Å². The first-order chi connectivity index (χ1) is 15.2. The van der Waals surface area contributed by atoms with Gasteiger partial charge in [0.1, 0.15) is 11.4 Å². The second kappa shape index (κ2) is 8.94. The Morgan fingerprint density at radius 3 is 2.45 bits per heavy atom. The molecule has 1 aromatic carbocycles. The van der Waals surface area contributed by atoms with E-state index < -0.39 is 20.4 Å². The van der Waals surface area contributed by atoms with Crippen LogP contribution in [-0.2, 0) is 10.2 Å². The molecule has 0 amide bonds. The molecule has 1 aliphatic rings. The Bertz CT molecular complexity index is 1170. The van der Waals surface area contributed by atoms with E-state index in [1.54, 1.807) is 30.5 Å². The minimum atomic E-state index is -1.52. The molecule has 1 radical (unpaired) electrons. The van der Waals surface area contributed by atoms with Gasteiger partial charge in [0.15, 0.2) is 5.79 Å². The molecule has 3 rings (SSSR count). The smallest absolute Gasteiger partial charge is 0.255 e. The lowest BCUT2D eigenvalue weighted by molar-refractivity contribution is -0.159. The van der Waals surface area contributed by atoms with Crippen molar-refractivity contribution in [3.63, 3.8) is 0 Å². The third-order valence-electron chi connectivity index (χ3n) is 5.46. The molecule has 175 valence electrons. The molecule has 0 saturated carbocycles. The average molecular weight is 466 g/mol. The normalized spacial score (nSPS) is 16.9. The van der Waals surface area contributed by atoms with E-state index in [1.807, 2.05) is 33.0 Å². The molecule has 1 N–H and O–H groups in total. The van der Waals surface area contributed by atoms with E-state index in [-0.39, 0.29) is 11.0 Å². The van der Waals surface area contributed by atoms with Gasteiger partial charge in [-0.1, -0.05) is 20.8 Å². The predicted molar refractivity (Wildman–Crippen MR) is 131 cm³/mol. The van der Waals surface area contributed by atoms with Crippen LogP contribution in [0.25, 0.3) is 5.70 Å². The second-order valence-corrected chi connectivity index (χ2v) is 12.6. The fourth-order valence-corrected chi connectivity index (χ4v) is 4.76. The number of aromatic nitrogens is 1. The predicted octanol–water partition coefficient (Wildman–Crippen LogP) is 5.02. The van der Waals surface area contributed by atoms with Crippen molar-refractivity contribution < 1.29 is 14.3 Å². The lowest BCUT2D eigenvalue weighted by Gasteiger charge is -2.34. The summed E-state index contributed by atoms with van der Waals surface area (Å²) in [7, 11) is -1.23. The van der Waals surface area contributed by atoms with Gasteiger partial charge in [0.2, 0.25) is 9.04 Å². The third kappa shape index (κ3) is 5.83. The summed E-state index contributed by atoms with van der Waals surface area (Å²) in [5, 5.41) is 20.8. The molecule has 2 aromatic rings. The average Bonchev–Trinajstić information content (AvgIpc) is 2.70. The van der Waals surface area contributed by atoms with Gasteiger partial charge in [0, 0.05) is 29.8 Å². The second-order valence-electron chi connectivity index (χ2n) is 10.5. The van der Waals surface area contributed by atoms with E-state index in [0.717, 1.165) is 6.42 Å². The van der Waals surface area contributed by atoms with Crippen LogP contribution in [0.5, 0.6) is 5.75 Å². The highest BCUT2D eigenvalue weighted by atomic mass is 28.3. The van der Waals surface area contributed by atoms with Crippen LogP contribution in [0.4, 0.5) is 0 Å². The van der Waals surface area contributed by atoms with Crippen LogP contribution in [0.3, 0.4) is 0 Å². The van der Waals surface area contributed by atoms with Crippen molar-refractivity contribution in [2.75, 3.05) is 0 Å². The molecule has 33 heavy (non-hydrogen) atoms. The number of aliphatic hydroxyl groups is 1. The number of hydrogen-bond acceptors (Lipinski definition) is 5. The van der Waals surface area contributed by atoms with E-state index in [1.165, 1.54) is 10.6 Å². The molecular weight excluding hydrogens is 432 g/mol. The Hall–Kier alpha value is -2.66. The Labute approximate surface area is 197 Å². The van der Waals surface area contributed by atoms with Gasteiger partial charge < -0.3 is 14.3 Å². The Morgan fingerprint density at radius 2 is 1.88 bits per heavy atom. The fourth-order valence-electron chi connectivity index (χ4n) is 3.87.